The number of amides is 2. The van der Waals surface area contributed by atoms with Crippen LogP contribution >= 0.6 is 0 Å². The first-order valence-corrected chi connectivity index (χ1v) is 8.54. The number of carbonyl (C=O) groups is 2. The molecule has 0 radical (unpaired) electrons. The molecule has 3 rings (SSSR count). The van der Waals surface area contributed by atoms with Gasteiger partial charge >= 0.3 is 0 Å². The number of rotatable bonds is 6. The Morgan fingerprint density at radius 2 is 2.22 bits per heavy atom. The summed E-state index contributed by atoms with van der Waals surface area (Å²) in [5.74, 6) is -1.24. The third-order valence-corrected chi connectivity index (χ3v) is 4.33. The van der Waals surface area contributed by atoms with Crippen molar-refractivity contribution in [1.29, 1.82) is 0 Å². The van der Waals surface area contributed by atoms with Crippen LogP contribution in [-0.2, 0) is 16.2 Å². The number of nitrogens with zero attached hydrogens (tertiary/aromatic N) is 1. The second-order valence-corrected chi connectivity index (χ2v) is 6.39. The fourth-order valence-electron chi connectivity index (χ4n) is 2.94. The third-order valence-electron chi connectivity index (χ3n) is 4.33. The van der Waals surface area contributed by atoms with Crippen LogP contribution in [-0.4, -0.2) is 34.5 Å². The number of benzene rings is 1. The number of halogens is 1. The number of aromatic nitrogens is 1. The van der Waals surface area contributed by atoms with Gasteiger partial charge in [-0.15, -0.1) is 0 Å². The van der Waals surface area contributed by atoms with Gasteiger partial charge in [-0.1, -0.05) is 6.07 Å². The van der Waals surface area contributed by atoms with Crippen LogP contribution in [0.3, 0.4) is 0 Å². The first kappa shape index (κ1) is 18.8. The lowest BCUT2D eigenvalue weighted by Gasteiger charge is -2.11. The number of ether oxygens (including phenoxy) is 1. The molecule has 142 valence electrons. The molecule has 2 amide bonds. The van der Waals surface area contributed by atoms with Gasteiger partial charge in [0.15, 0.2) is 11.6 Å². The average molecular weight is 373 g/mol. The van der Waals surface area contributed by atoms with Gasteiger partial charge in [-0.2, -0.15) is 0 Å². The van der Waals surface area contributed by atoms with Gasteiger partial charge in [-0.25, -0.2) is 9.37 Å². The van der Waals surface area contributed by atoms with Crippen LogP contribution in [0.4, 0.5) is 4.39 Å². The van der Waals surface area contributed by atoms with E-state index in [1.165, 1.54) is 31.3 Å². The Balaban J connectivity index is 1.68. The van der Waals surface area contributed by atoms with Crippen LogP contribution in [0, 0.1) is 5.82 Å². The predicted octanol–water partition coefficient (Wildman–Crippen LogP) is 1.61. The van der Waals surface area contributed by atoms with Crippen molar-refractivity contribution < 1.29 is 23.8 Å². The third kappa shape index (κ3) is 4.59. The van der Waals surface area contributed by atoms with E-state index in [1.54, 1.807) is 12.1 Å². The molecule has 8 heteroatoms. The number of pyridine rings is 1. The van der Waals surface area contributed by atoms with Gasteiger partial charge in [0, 0.05) is 31.8 Å². The van der Waals surface area contributed by atoms with Crippen LogP contribution in [0.2, 0.25) is 0 Å². The number of aliphatic hydroxyl groups excluding tert-OH is 1. The van der Waals surface area contributed by atoms with Gasteiger partial charge in [-0.05, 0) is 35.7 Å². The minimum atomic E-state index is -0.598. The smallest absolute Gasteiger partial charge is 0.227 e. The zero-order valence-electron chi connectivity index (χ0n) is 14.7. The van der Waals surface area contributed by atoms with E-state index in [1.807, 2.05) is 0 Å². The summed E-state index contributed by atoms with van der Waals surface area (Å²) in [4.78, 5) is 27.2. The largest absolute Gasteiger partial charge is 0.436 e. The molecule has 1 aliphatic rings. The SMILES string of the molecule is CC(=O)NC[C@@H]1CC(c2ccc(Oc3ccc(CO)cn3)c(F)c2)C(=O)N1. The van der Waals surface area contributed by atoms with Crippen LogP contribution < -0.4 is 15.4 Å². The first-order valence-electron chi connectivity index (χ1n) is 8.54. The number of carbonyl (C=O) groups excluding carboxylic acids is 2. The van der Waals surface area contributed by atoms with Gasteiger partial charge in [0.2, 0.25) is 17.7 Å². The molecule has 1 saturated heterocycles. The van der Waals surface area contributed by atoms with Crippen molar-refractivity contribution in [2.75, 3.05) is 6.54 Å². The minimum absolute atomic E-state index is 0.00352. The molecule has 0 bridgehead atoms. The average Bonchev–Trinajstić information content (AvgIpc) is 3.03. The van der Waals surface area contributed by atoms with E-state index in [0.717, 1.165) is 0 Å². The minimum Gasteiger partial charge on any atom is -0.436 e. The summed E-state index contributed by atoms with van der Waals surface area (Å²) in [6.45, 7) is 1.62. The molecule has 1 aliphatic heterocycles. The molecule has 0 saturated carbocycles. The normalized spacial score (nSPS) is 18.9. The van der Waals surface area contributed by atoms with Gasteiger partial charge in [-0.3, -0.25) is 9.59 Å². The van der Waals surface area contributed by atoms with E-state index < -0.39 is 11.7 Å². The summed E-state index contributed by atoms with van der Waals surface area (Å²) in [7, 11) is 0. The summed E-state index contributed by atoms with van der Waals surface area (Å²) in [6, 6.07) is 7.37. The fraction of sp³-hybridized carbons (Fsp3) is 0.316. The maximum absolute atomic E-state index is 14.4. The lowest BCUT2D eigenvalue weighted by Crippen LogP contribution is -2.37. The molecule has 0 aliphatic carbocycles. The van der Waals surface area contributed by atoms with E-state index in [2.05, 4.69) is 15.6 Å². The summed E-state index contributed by atoms with van der Waals surface area (Å²) < 4.78 is 19.9. The molecular weight excluding hydrogens is 353 g/mol. The summed E-state index contributed by atoms with van der Waals surface area (Å²) in [6.07, 6.45) is 1.92. The van der Waals surface area contributed by atoms with Crippen LogP contribution in [0.25, 0.3) is 0 Å². The molecular formula is C19H20FN3O4. The highest BCUT2D eigenvalue weighted by molar-refractivity contribution is 5.86. The Hall–Kier alpha value is -3.00. The molecule has 3 N–H and O–H groups in total. The topological polar surface area (TPSA) is 101 Å². The molecule has 7 nitrogen and oxygen atoms in total. The number of hydrogen-bond acceptors (Lipinski definition) is 5. The monoisotopic (exact) mass is 373 g/mol. The molecule has 27 heavy (non-hydrogen) atoms. The van der Waals surface area contributed by atoms with E-state index in [4.69, 9.17) is 9.84 Å². The Labute approximate surface area is 155 Å². The second kappa shape index (κ2) is 8.13. The maximum Gasteiger partial charge on any atom is 0.227 e. The van der Waals surface area contributed by atoms with Crippen molar-refractivity contribution in [1.82, 2.24) is 15.6 Å². The van der Waals surface area contributed by atoms with E-state index in [0.29, 0.717) is 24.1 Å². The molecule has 1 aromatic heterocycles. The first-order chi connectivity index (χ1) is 13.0. The summed E-state index contributed by atoms with van der Waals surface area (Å²) in [5, 5.41) is 14.5. The Morgan fingerprint density at radius 1 is 1.41 bits per heavy atom. The zero-order chi connectivity index (χ0) is 19.4. The van der Waals surface area contributed by atoms with Crippen LogP contribution in [0.15, 0.2) is 36.5 Å². The highest BCUT2D eigenvalue weighted by atomic mass is 19.1. The van der Waals surface area contributed by atoms with Crippen molar-refractivity contribution in [3.63, 3.8) is 0 Å². The van der Waals surface area contributed by atoms with Gasteiger partial charge < -0.3 is 20.5 Å². The van der Waals surface area contributed by atoms with Crippen molar-refractivity contribution in [3.8, 4) is 11.6 Å². The Kier molecular flexibility index (Phi) is 5.66. The van der Waals surface area contributed by atoms with E-state index in [-0.39, 0.29) is 36.1 Å². The van der Waals surface area contributed by atoms with E-state index >= 15 is 0 Å². The lowest BCUT2D eigenvalue weighted by molar-refractivity contribution is -0.121. The lowest BCUT2D eigenvalue weighted by atomic mass is 9.95. The van der Waals surface area contributed by atoms with Gasteiger partial charge in [0.05, 0.1) is 12.5 Å². The molecule has 1 unspecified atom stereocenters. The predicted molar refractivity (Wildman–Crippen MR) is 94.6 cm³/mol. The van der Waals surface area contributed by atoms with Gasteiger partial charge in [0.1, 0.15) is 0 Å². The van der Waals surface area contributed by atoms with Crippen LogP contribution in [0.1, 0.15) is 30.4 Å². The highest BCUT2D eigenvalue weighted by Crippen LogP contribution is 2.31. The van der Waals surface area contributed by atoms with Crippen molar-refractivity contribution in [2.45, 2.75) is 31.9 Å². The maximum atomic E-state index is 14.4. The van der Waals surface area contributed by atoms with Gasteiger partial charge in [0.25, 0.3) is 0 Å². The molecule has 2 atom stereocenters. The summed E-state index contributed by atoms with van der Waals surface area (Å²) in [5.41, 5.74) is 1.17. The number of hydrogen-bond donors (Lipinski definition) is 3. The molecule has 2 aromatic rings. The molecule has 0 spiro atoms. The number of aliphatic hydroxyl groups is 1. The molecule has 1 aromatic carbocycles. The Morgan fingerprint density at radius 3 is 2.85 bits per heavy atom. The fourth-order valence-corrected chi connectivity index (χ4v) is 2.94. The molecule has 1 fully saturated rings. The Bertz CT molecular complexity index is 841. The molecule has 2 heterocycles. The van der Waals surface area contributed by atoms with Crippen LogP contribution in [0.5, 0.6) is 11.6 Å². The van der Waals surface area contributed by atoms with Crippen molar-refractivity contribution in [2.24, 2.45) is 0 Å². The summed E-state index contributed by atoms with van der Waals surface area (Å²) >= 11 is 0. The second-order valence-electron chi connectivity index (χ2n) is 6.39. The van der Waals surface area contributed by atoms with Crippen molar-refractivity contribution >= 4 is 11.8 Å². The zero-order valence-corrected chi connectivity index (χ0v) is 14.7. The van der Waals surface area contributed by atoms with E-state index in [9.17, 15) is 14.0 Å². The quantitative estimate of drug-likeness (QED) is 0.714. The number of nitrogens with one attached hydrogen (secondary N) is 2. The standard InChI is InChI=1S/C19H20FN3O4/c1-11(25)21-9-14-7-15(19(26)23-14)13-3-4-17(16(20)6-13)27-18-5-2-12(10-24)8-22-18/h2-6,8,14-15,24H,7,9-10H2,1H3,(H,21,25)(H,23,26)/t14-,15?/m0/s1. The van der Waals surface area contributed by atoms with Crippen molar-refractivity contribution in [3.05, 3.63) is 53.5 Å². The highest BCUT2D eigenvalue weighted by Gasteiger charge is 2.33.